The van der Waals surface area contributed by atoms with Crippen LogP contribution in [0.25, 0.3) is 0 Å². The minimum Gasteiger partial charge on any atom is -0.394 e. The monoisotopic (exact) mass is 792 g/mol. The largest absolute Gasteiger partial charge is 0.394 e. The van der Waals surface area contributed by atoms with E-state index in [0.29, 0.717) is 12.8 Å². The highest BCUT2D eigenvalue weighted by molar-refractivity contribution is 5.76. The molecular formula is C51H101NO4. The number of amides is 1. The van der Waals surface area contributed by atoms with Gasteiger partial charge in [-0.2, -0.15) is 0 Å². The van der Waals surface area contributed by atoms with E-state index in [2.05, 4.69) is 31.3 Å². The first-order valence-electron chi connectivity index (χ1n) is 25.5. The Morgan fingerprint density at radius 2 is 0.714 bits per heavy atom. The number of aliphatic hydroxyl groups excluding tert-OH is 3. The van der Waals surface area contributed by atoms with Crippen molar-refractivity contribution in [3.8, 4) is 0 Å². The molecule has 334 valence electrons. The van der Waals surface area contributed by atoms with Crippen molar-refractivity contribution in [3.05, 3.63) is 12.2 Å². The van der Waals surface area contributed by atoms with Gasteiger partial charge in [-0.05, 0) is 38.5 Å². The molecule has 1 amide bonds. The van der Waals surface area contributed by atoms with Crippen LogP contribution >= 0.6 is 0 Å². The van der Waals surface area contributed by atoms with Crippen molar-refractivity contribution in [1.82, 2.24) is 5.32 Å². The summed E-state index contributed by atoms with van der Waals surface area (Å²) >= 11 is 0. The van der Waals surface area contributed by atoms with Crippen LogP contribution in [0, 0.1) is 0 Å². The van der Waals surface area contributed by atoms with Crippen molar-refractivity contribution >= 4 is 5.91 Å². The van der Waals surface area contributed by atoms with Gasteiger partial charge in [0.25, 0.3) is 0 Å². The molecule has 3 atom stereocenters. The number of nitrogens with one attached hydrogen (secondary N) is 1. The summed E-state index contributed by atoms with van der Waals surface area (Å²) in [5.74, 6) is -0.145. The summed E-state index contributed by atoms with van der Waals surface area (Å²) in [6, 6.07) is -0.809. The van der Waals surface area contributed by atoms with Gasteiger partial charge in [0.15, 0.2) is 0 Å². The number of allylic oxidation sites excluding steroid dienone is 2. The predicted molar refractivity (Wildman–Crippen MR) is 245 cm³/mol. The van der Waals surface area contributed by atoms with Crippen molar-refractivity contribution < 1.29 is 20.1 Å². The second-order valence-corrected chi connectivity index (χ2v) is 17.7. The van der Waals surface area contributed by atoms with Gasteiger partial charge in [-0.15, -0.1) is 0 Å². The smallest absolute Gasteiger partial charge is 0.220 e. The van der Waals surface area contributed by atoms with Crippen LogP contribution in [0.4, 0.5) is 0 Å². The van der Waals surface area contributed by atoms with Crippen LogP contribution in [0.15, 0.2) is 12.2 Å². The molecule has 0 bridgehead atoms. The highest BCUT2D eigenvalue weighted by Gasteiger charge is 2.26. The molecule has 5 nitrogen and oxygen atoms in total. The molecule has 0 aliphatic rings. The van der Waals surface area contributed by atoms with E-state index in [4.69, 9.17) is 0 Å². The van der Waals surface area contributed by atoms with Gasteiger partial charge in [-0.3, -0.25) is 4.79 Å². The number of unbranched alkanes of at least 4 members (excludes halogenated alkanes) is 37. The molecule has 5 heteroatoms. The van der Waals surface area contributed by atoms with E-state index in [1.807, 2.05) is 0 Å². The second-order valence-electron chi connectivity index (χ2n) is 17.7. The standard InChI is InChI=1S/C51H101NO4/c1-3-5-7-9-11-13-15-17-19-21-23-25-26-27-29-31-33-35-37-39-41-43-45-49(54)51(56)48(47-53)52-50(55)46-44-42-40-38-36-34-32-30-28-24-22-20-18-16-14-12-10-8-6-4-2/h24,28,48-49,51,53-54,56H,3-23,25-27,29-47H2,1-2H3,(H,52,55)/b28-24-. The van der Waals surface area contributed by atoms with Gasteiger partial charge in [-0.25, -0.2) is 0 Å². The van der Waals surface area contributed by atoms with Crippen molar-refractivity contribution in [1.29, 1.82) is 0 Å². The van der Waals surface area contributed by atoms with E-state index in [-0.39, 0.29) is 12.5 Å². The topological polar surface area (TPSA) is 89.8 Å². The lowest BCUT2D eigenvalue weighted by molar-refractivity contribution is -0.124. The van der Waals surface area contributed by atoms with Crippen LogP contribution < -0.4 is 5.32 Å². The molecule has 0 aliphatic carbocycles. The quantitative estimate of drug-likeness (QED) is 0.0365. The van der Waals surface area contributed by atoms with E-state index in [0.717, 1.165) is 32.1 Å². The Morgan fingerprint density at radius 3 is 1.04 bits per heavy atom. The lowest BCUT2D eigenvalue weighted by Crippen LogP contribution is -2.50. The number of hydrogen-bond acceptors (Lipinski definition) is 4. The zero-order valence-electron chi connectivity index (χ0n) is 38.0. The molecular weight excluding hydrogens is 691 g/mol. The zero-order valence-corrected chi connectivity index (χ0v) is 38.0. The molecule has 0 saturated heterocycles. The fourth-order valence-electron chi connectivity index (χ4n) is 8.16. The van der Waals surface area contributed by atoms with Crippen molar-refractivity contribution in [2.75, 3.05) is 6.61 Å². The first-order valence-corrected chi connectivity index (χ1v) is 25.5. The van der Waals surface area contributed by atoms with Gasteiger partial charge < -0.3 is 20.6 Å². The molecule has 3 unspecified atom stereocenters. The SMILES string of the molecule is CCCCCCCCCCC/C=C\CCCCCCCCCC(=O)NC(CO)C(O)C(O)CCCCCCCCCCCCCCCCCCCCCCCC. The lowest BCUT2D eigenvalue weighted by Gasteiger charge is -2.26. The Balaban J connectivity index is 3.56. The number of carbonyl (C=O) groups is 1. The number of hydrogen-bond donors (Lipinski definition) is 4. The predicted octanol–water partition coefficient (Wildman–Crippen LogP) is 15.2. The van der Waals surface area contributed by atoms with Gasteiger partial charge in [-0.1, -0.05) is 251 Å². The van der Waals surface area contributed by atoms with E-state index in [9.17, 15) is 20.1 Å². The molecule has 0 aromatic carbocycles. The van der Waals surface area contributed by atoms with Crippen LogP contribution in [0.5, 0.6) is 0 Å². The summed E-state index contributed by atoms with van der Waals surface area (Å²) in [5.41, 5.74) is 0. The highest BCUT2D eigenvalue weighted by atomic mass is 16.3. The van der Waals surface area contributed by atoms with Crippen LogP contribution in [0.2, 0.25) is 0 Å². The van der Waals surface area contributed by atoms with Crippen molar-refractivity contribution in [2.45, 2.75) is 302 Å². The van der Waals surface area contributed by atoms with Gasteiger partial charge in [0.05, 0.1) is 18.8 Å². The highest BCUT2D eigenvalue weighted by Crippen LogP contribution is 2.17. The third-order valence-corrected chi connectivity index (χ3v) is 12.1. The van der Waals surface area contributed by atoms with E-state index in [1.54, 1.807) is 0 Å². The second kappa shape index (κ2) is 46.8. The molecule has 0 aromatic rings. The summed E-state index contributed by atoms with van der Waals surface area (Å²) in [4.78, 5) is 12.5. The minimum atomic E-state index is -1.14. The summed E-state index contributed by atoms with van der Waals surface area (Å²) in [6.45, 7) is 4.21. The van der Waals surface area contributed by atoms with Crippen LogP contribution in [0.3, 0.4) is 0 Å². The fourth-order valence-corrected chi connectivity index (χ4v) is 8.16. The average Bonchev–Trinajstić information content (AvgIpc) is 3.20. The molecule has 4 N–H and O–H groups in total. The maximum absolute atomic E-state index is 12.5. The van der Waals surface area contributed by atoms with Crippen molar-refractivity contribution in [3.63, 3.8) is 0 Å². The number of aliphatic hydroxyl groups is 3. The summed E-state index contributed by atoms with van der Waals surface area (Å²) < 4.78 is 0. The molecule has 0 fully saturated rings. The third-order valence-electron chi connectivity index (χ3n) is 12.1. The van der Waals surface area contributed by atoms with Crippen LogP contribution in [0.1, 0.15) is 284 Å². The molecule has 0 rings (SSSR count). The Hall–Kier alpha value is -0.910. The molecule has 0 radical (unpaired) electrons. The Labute approximate surface area is 350 Å². The van der Waals surface area contributed by atoms with Gasteiger partial charge in [0.1, 0.15) is 6.10 Å². The Morgan fingerprint density at radius 1 is 0.429 bits per heavy atom. The van der Waals surface area contributed by atoms with Crippen LogP contribution in [-0.4, -0.2) is 46.1 Å². The molecule has 0 aliphatic heterocycles. The summed E-state index contributed by atoms with van der Waals surface area (Å²) in [5, 5.41) is 33.7. The van der Waals surface area contributed by atoms with Gasteiger partial charge in [0, 0.05) is 6.42 Å². The van der Waals surface area contributed by atoms with Crippen molar-refractivity contribution in [2.24, 2.45) is 0 Å². The third kappa shape index (κ3) is 41.3. The molecule has 56 heavy (non-hydrogen) atoms. The molecule has 0 heterocycles. The Kier molecular flexibility index (Phi) is 46.0. The normalized spacial score (nSPS) is 13.4. The lowest BCUT2D eigenvalue weighted by atomic mass is 9.99. The zero-order chi connectivity index (χ0) is 40.8. The maximum atomic E-state index is 12.5. The number of carbonyl (C=O) groups excluding carboxylic acids is 1. The fraction of sp³-hybridized carbons (Fsp3) is 0.941. The van der Waals surface area contributed by atoms with Crippen LogP contribution in [-0.2, 0) is 4.79 Å². The number of rotatable bonds is 47. The molecule has 0 saturated carbocycles. The minimum absolute atomic E-state index is 0.145. The van der Waals surface area contributed by atoms with Gasteiger partial charge >= 0.3 is 0 Å². The van der Waals surface area contributed by atoms with Gasteiger partial charge in [0.2, 0.25) is 5.91 Å². The maximum Gasteiger partial charge on any atom is 0.220 e. The van der Waals surface area contributed by atoms with E-state index in [1.165, 1.54) is 225 Å². The Bertz CT molecular complexity index is 788. The van der Waals surface area contributed by atoms with E-state index >= 15 is 0 Å². The first-order chi connectivity index (χ1) is 27.6. The summed E-state index contributed by atoms with van der Waals surface area (Å²) in [7, 11) is 0. The molecule has 0 spiro atoms. The average molecular weight is 792 g/mol. The summed E-state index contributed by atoms with van der Waals surface area (Å²) in [6.07, 6.45) is 56.2. The first kappa shape index (κ1) is 55.1. The van der Waals surface area contributed by atoms with E-state index < -0.39 is 18.2 Å². The molecule has 0 aromatic heterocycles.